The van der Waals surface area contributed by atoms with Crippen molar-refractivity contribution in [1.82, 2.24) is 0 Å². The average molecular weight is 433 g/mol. The molecule has 28 heavy (non-hydrogen) atoms. The predicted molar refractivity (Wildman–Crippen MR) is 115 cm³/mol. The number of nitrogens with zero attached hydrogens (tertiary/aromatic N) is 1. The summed E-state index contributed by atoms with van der Waals surface area (Å²) in [6, 6.07) is 12.6. The van der Waals surface area contributed by atoms with Crippen molar-refractivity contribution in [3.63, 3.8) is 0 Å². The second kappa shape index (κ2) is 7.69. The summed E-state index contributed by atoms with van der Waals surface area (Å²) in [5.41, 5.74) is 2.31. The van der Waals surface area contributed by atoms with Crippen LogP contribution >= 0.6 is 22.7 Å². The van der Waals surface area contributed by atoms with Gasteiger partial charge in [-0.3, -0.25) is 9.52 Å². The van der Waals surface area contributed by atoms with Crippen LogP contribution in [0.5, 0.6) is 0 Å². The molecule has 0 fully saturated rings. The van der Waals surface area contributed by atoms with E-state index in [1.807, 2.05) is 36.6 Å². The van der Waals surface area contributed by atoms with Crippen LogP contribution in [0.4, 0.5) is 11.4 Å². The highest BCUT2D eigenvalue weighted by molar-refractivity contribution is 7.94. The van der Waals surface area contributed by atoms with E-state index in [2.05, 4.69) is 4.72 Å². The lowest BCUT2D eigenvalue weighted by atomic mass is 10.0. The number of fused-ring (bicyclic) bond motifs is 1. The second-order valence-corrected chi connectivity index (χ2v) is 10.6. The first-order valence-corrected chi connectivity index (χ1v) is 12.3. The van der Waals surface area contributed by atoms with Crippen molar-refractivity contribution in [1.29, 1.82) is 0 Å². The van der Waals surface area contributed by atoms with Gasteiger partial charge in [0.25, 0.3) is 15.9 Å². The zero-order valence-corrected chi connectivity index (χ0v) is 17.8. The Morgan fingerprint density at radius 3 is 2.79 bits per heavy atom. The molecule has 1 N–H and O–H groups in total. The van der Waals surface area contributed by atoms with E-state index in [1.54, 1.807) is 23.1 Å². The summed E-state index contributed by atoms with van der Waals surface area (Å²) in [5.74, 6) is -0.0400. The Hall–Kier alpha value is -2.16. The van der Waals surface area contributed by atoms with E-state index in [9.17, 15) is 13.2 Å². The molecule has 0 unspecified atom stereocenters. The molecule has 0 saturated carbocycles. The molecule has 2 aromatic heterocycles. The van der Waals surface area contributed by atoms with Crippen molar-refractivity contribution in [2.75, 3.05) is 16.2 Å². The van der Waals surface area contributed by atoms with Gasteiger partial charge in [0, 0.05) is 17.1 Å². The number of amides is 1. The van der Waals surface area contributed by atoms with Crippen molar-refractivity contribution in [3.05, 3.63) is 63.2 Å². The van der Waals surface area contributed by atoms with Crippen LogP contribution in [0.1, 0.15) is 33.5 Å². The van der Waals surface area contributed by atoms with Gasteiger partial charge in [-0.15, -0.1) is 22.7 Å². The molecule has 0 saturated heterocycles. The van der Waals surface area contributed by atoms with E-state index in [-0.39, 0.29) is 5.91 Å². The number of sulfonamides is 1. The first-order chi connectivity index (χ1) is 13.5. The molecule has 1 aliphatic rings. The number of thiophene rings is 2. The number of carbonyl (C=O) groups excluding carboxylic acids is 1. The third kappa shape index (κ3) is 3.72. The van der Waals surface area contributed by atoms with Crippen LogP contribution in [0, 0.1) is 0 Å². The predicted octanol–water partition coefficient (Wildman–Crippen LogP) is 4.77. The molecule has 1 aromatic carbocycles. The van der Waals surface area contributed by atoms with Crippen molar-refractivity contribution in [2.45, 2.75) is 30.4 Å². The normalized spacial score (nSPS) is 14.0. The second-order valence-electron chi connectivity index (χ2n) is 6.56. The number of carbonyl (C=O) groups is 1. The molecule has 3 aromatic rings. The van der Waals surface area contributed by atoms with Gasteiger partial charge in [-0.1, -0.05) is 19.1 Å². The van der Waals surface area contributed by atoms with E-state index in [1.165, 1.54) is 22.7 Å². The monoisotopic (exact) mass is 432 g/mol. The molecule has 146 valence electrons. The molecule has 0 atom stereocenters. The summed E-state index contributed by atoms with van der Waals surface area (Å²) >= 11 is 2.69. The van der Waals surface area contributed by atoms with Gasteiger partial charge in [-0.2, -0.15) is 0 Å². The summed E-state index contributed by atoms with van der Waals surface area (Å²) in [7, 11) is -3.64. The summed E-state index contributed by atoms with van der Waals surface area (Å²) in [6.45, 7) is 2.63. The van der Waals surface area contributed by atoms with Gasteiger partial charge in [-0.25, -0.2) is 8.42 Å². The Labute approximate surface area is 172 Å². The van der Waals surface area contributed by atoms with Crippen molar-refractivity contribution < 1.29 is 13.2 Å². The van der Waals surface area contributed by atoms with E-state index >= 15 is 0 Å². The fourth-order valence-electron chi connectivity index (χ4n) is 3.28. The van der Waals surface area contributed by atoms with E-state index < -0.39 is 10.0 Å². The third-order valence-electron chi connectivity index (χ3n) is 4.68. The molecule has 0 aliphatic carbocycles. The molecule has 8 heteroatoms. The van der Waals surface area contributed by atoms with Gasteiger partial charge in [0.1, 0.15) is 4.21 Å². The van der Waals surface area contributed by atoms with Crippen LogP contribution < -0.4 is 9.62 Å². The van der Waals surface area contributed by atoms with Gasteiger partial charge in [-0.05, 0) is 60.5 Å². The van der Waals surface area contributed by atoms with Crippen molar-refractivity contribution in [3.8, 4) is 0 Å². The summed E-state index contributed by atoms with van der Waals surface area (Å²) in [6.07, 6.45) is 2.57. The highest BCUT2D eigenvalue weighted by atomic mass is 32.2. The molecule has 0 bridgehead atoms. The SMILES string of the molecule is CCc1ccc(S(=O)(=O)Nc2ccc3c(c2)N(C(=O)c2cccs2)CCC3)s1. The average Bonchev–Trinajstić information content (AvgIpc) is 3.38. The number of rotatable bonds is 5. The largest absolute Gasteiger partial charge is 0.307 e. The lowest BCUT2D eigenvalue weighted by Gasteiger charge is -2.29. The Balaban J connectivity index is 1.64. The topological polar surface area (TPSA) is 66.5 Å². The maximum atomic E-state index is 12.9. The third-order valence-corrected chi connectivity index (χ3v) is 8.64. The van der Waals surface area contributed by atoms with Crippen LogP contribution in [0.2, 0.25) is 0 Å². The fraction of sp³-hybridized carbons (Fsp3) is 0.250. The molecular weight excluding hydrogens is 412 g/mol. The maximum absolute atomic E-state index is 12.9. The molecule has 5 nitrogen and oxygen atoms in total. The molecule has 1 amide bonds. The smallest absolute Gasteiger partial charge is 0.271 e. The number of hydrogen-bond acceptors (Lipinski definition) is 5. The lowest BCUT2D eigenvalue weighted by Crippen LogP contribution is -2.35. The van der Waals surface area contributed by atoms with E-state index in [4.69, 9.17) is 0 Å². The van der Waals surface area contributed by atoms with Crippen molar-refractivity contribution in [2.24, 2.45) is 0 Å². The van der Waals surface area contributed by atoms with Crippen molar-refractivity contribution >= 4 is 50.0 Å². The summed E-state index contributed by atoms with van der Waals surface area (Å²) < 4.78 is 28.4. The van der Waals surface area contributed by atoms with Gasteiger partial charge >= 0.3 is 0 Å². The first-order valence-electron chi connectivity index (χ1n) is 9.08. The molecule has 0 radical (unpaired) electrons. The Kier molecular flexibility index (Phi) is 5.27. The standard InChI is InChI=1S/C20H20N2O3S3/c1-2-16-9-10-19(27-16)28(24,25)21-15-8-7-14-5-3-11-22(17(14)13-15)20(23)18-6-4-12-26-18/h4,6-10,12-13,21H,2-3,5,11H2,1H3. The molecule has 1 aliphatic heterocycles. The number of aryl methyl sites for hydroxylation is 2. The molecule has 4 rings (SSSR count). The van der Waals surface area contributed by atoms with Crippen LogP contribution in [0.15, 0.2) is 52.1 Å². The molecular formula is C20H20N2O3S3. The van der Waals surface area contributed by atoms with Crippen LogP contribution in [0.25, 0.3) is 0 Å². The first kappa shape index (κ1) is 19.2. The maximum Gasteiger partial charge on any atom is 0.271 e. The zero-order chi connectivity index (χ0) is 19.7. The van der Waals surface area contributed by atoms with Crippen LogP contribution in [0.3, 0.4) is 0 Å². The summed E-state index contributed by atoms with van der Waals surface area (Å²) in [4.78, 5) is 16.3. The summed E-state index contributed by atoms with van der Waals surface area (Å²) in [5, 5.41) is 1.88. The van der Waals surface area contributed by atoms with E-state index in [0.717, 1.165) is 35.4 Å². The zero-order valence-electron chi connectivity index (χ0n) is 15.3. The minimum absolute atomic E-state index is 0.0400. The van der Waals surface area contributed by atoms with Gasteiger partial charge in [0.05, 0.1) is 10.6 Å². The van der Waals surface area contributed by atoms with Crippen LogP contribution in [-0.2, 0) is 22.9 Å². The number of nitrogens with one attached hydrogen (secondary N) is 1. The Morgan fingerprint density at radius 1 is 1.21 bits per heavy atom. The van der Waals surface area contributed by atoms with Gasteiger partial charge in [0.2, 0.25) is 0 Å². The number of hydrogen-bond donors (Lipinski definition) is 1. The van der Waals surface area contributed by atoms with E-state index in [0.29, 0.717) is 21.3 Å². The van der Waals surface area contributed by atoms with Crippen LogP contribution in [-0.4, -0.2) is 20.9 Å². The highest BCUT2D eigenvalue weighted by Crippen LogP contribution is 2.33. The quantitative estimate of drug-likeness (QED) is 0.632. The Bertz CT molecular complexity index is 1100. The number of benzene rings is 1. The Morgan fingerprint density at radius 2 is 2.07 bits per heavy atom. The molecule has 0 spiro atoms. The van der Waals surface area contributed by atoms with Gasteiger partial charge in [0.15, 0.2) is 0 Å². The number of anilines is 2. The molecule has 3 heterocycles. The minimum Gasteiger partial charge on any atom is -0.307 e. The fourth-order valence-corrected chi connectivity index (χ4v) is 6.30. The van der Waals surface area contributed by atoms with Gasteiger partial charge < -0.3 is 4.90 Å². The lowest BCUT2D eigenvalue weighted by molar-refractivity contribution is 0.0989. The minimum atomic E-state index is -3.64. The highest BCUT2D eigenvalue weighted by Gasteiger charge is 2.25.